The van der Waals surface area contributed by atoms with Crippen LogP contribution in [0.25, 0.3) is 64.6 Å². The van der Waals surface area contributed by atoms with Crippen LogP contribution < -0.4 is 15.6 Å². The van der Waals surface area contributed by atoms with Gasteiger partial charge in [0, 0.05) is 0 Å². The van der Waals surface area contributed by atoms with Crippen LogP contribution in [0.5, 0.6) is 0 Å². The zero-order valence-electron chi connectivity index (χ0n) is 23.6. The fourth-order valence-electron chi connectivity index (χ4n) is 6.99. The lowest BCUT2D eigenvalue weighted by Gasteiger charge is -2.23. The lowest BCUT2D eigenvalue weighted by molar-refractivity contribution is 1.76. The summed E-state index contributed by atoms with van der Waals surface area (Å²) < 4.78 is 0. The summed E-state index contributed by atoms with van der Waals surface area (Å²) in [5.41, 5.74) is 0. The first-order valence-corrected chi connectivity index (χ1v) is 16.4. The van der Waals surface area contributed by atoms with E-state index in [2.05, 4.69) is 164 Å². The molecule has 43 heavy (non-hydrogen) atoms. The molecule has 9 rings (SSSR count). The van der Waals surface area contributed by atoms with Crippen molar-refractivity contribution in [3.63, 3.8) is 0 Å². The molecule has 199 valence electrons. The van der Waals surface area contributed by atoms with Crippen LogP contribution in [0.3, 0.4) is 0 Å². The van der Waals surface area contributed by atoms with Gasteiger partial charge >= 0.3 is 0 Å². The van der Waals surface area contributed by atoms with Crippen molar-refractivity contribution in [1.29, 1.82) is 0 Å². The molecule has 0 amide bonds. The largest absolute Gasteiger partial charge is 0.156 e. The van der Waals surface area contributed by atoms with Gasteiger partial charge in [0.15, 0.2) is 8.80 Å². The van der Waals surface area contributed by atoms with Gasteiger partial charge in [0.25, 0.3) is 0 Å². The van der Waals surface area contributed by atoms with Crippen LogP contribution in [0.1, 0.15) is 0 Å². The van der Waals surface area contributed by atoms with Gasteiger partial charge in [0.05, 0.1) is 0 Å². The quantitative estimate of drug-likeness (QED) is 0.115. The number of hydrogen-bond donors (Lipinski definition) is 0. The maximum absolute atomic E-state index is 2.42. The predicted octanol–water partition coefficient (Wildman–Crippen LogP) is 9.12. The van der Waals surface area contributed by atoms with Crippen molar-refractivity contribution >= 4 is 89.0 Å². The summed E-state index contributed by atoms with van der Waals surface area (Å²) >= 11 is 0. The van der Waals surface area contributed by atoms with Crippen LogP contribution >= 0.6 is 0 Å². The molecule has 0 nitrogen and oxygen atoms in total. The van der Waals surface area contributed by atoms with Gasteiger partial charge in [-0.1, -0.05) is 127 Å². The summed E-state index contributed by atoms with van der Waals surface area (Å²) in [6.07, 6.45) is 0. The Labute approximate surface area is 252 Å². The Morgan fingerprint density at radius 3 is 0.791 bits per heavy atom. The zero-order chi connectivity index (χ0) is 28.3. The molecule has 0 aliphatic carbocycles. The van der Waals surface area contributed by atoms with Crippen molar-refractivity contribution in [2.45, 2.75) is 0 Å². The molecule has 0 aromatic heterocycles. The lowest BCUT2D eigenvalue weighted by Crippen LogP contribution is -2.52. The monoisotopic (exact) mass is 559 g/mol. The molecule has 0 aliphatic rings. The molecule has 0 atom stereocenters. The second-order valence-corrected chi connectivity index (χ2v) is 13.9. The Bertz CT molecular complexity index is 2240. The van der Waals surface area contributed by atoms with E-state index in [1.165, 1.54) is 80.2 Å². The van der Waals surface area contributed by atoms with Crippen molar-refractivity contribution in [2.75, 3.05) is 0 Å². The summed E-state index contributed by atoms with van der Waals surface area (Å²) in [5, 5.41) is 20.0. The van der Waals surface area contributed by atoms with Crippen LogP contribution in [-0.4, -0.2) is 8.80 Å². The van der Waals surface area contributed by atoms with E-state index in [-0.39, 0.29) is 0 Å². The Kier molecular flexibility index (Phi) is 5.47. The highest BCUT2D eigenvalue weighted by molar-refractivity contribution is 6.99. The van der Waals surface area contributed by atoms with Gasteiger partial charge in [-0.05, 0) is 117 Å². The van der Waals surface area contributed by atoms with E-state index in [9.17, 15) is 0 Å². The molecular formula is C42H27Si. The van der Waals surface area contributed by atoms with E-state index in [0.717, 1.165) is 0 Å². The molecule has 0 saturated heterocycles. The molecule has 0 aliphatic heterocycles. The second kappa shape index (κ2) is 9.66. The average molecular weight is 560 g/mol. The third-order valence-corrected chi connectivity index (χ3v) is 12.0. The molecular weight excluding hydrogens is 533 g/mol. The van der Waals surface area contributed by atoms with Crippen LogP contribution in [0, 0.1) is 0 Å². The average Bonchev–Trinajstić information content (AvgIpc) is 3.06. The normalized spacial score (nSPS) is 11.9. The Balaban J connectivity index is 1.42. The molecule has 0 bridgehead atoms. The summed E-state index contributed by atoms with van der Waals surface area (Å²) in [6, 6.07) is 61.4. The van der Waals surface area contributed by atoms with Crippen LogP contribution in [0.2, 0.25) is 0 Å². The molecule has 1 radical (unpaired) electrons. The minimum Gasteiger partial charge on any atom is -0.0618 e. The topological polar surface area (TPSA) is 0 Å². The molecule has 0 N–H and O–H groups in total. The molecule has 9 aromatic carbocycles. The SMILES string of the molecule is c1ccc2cc3c([Si](c4cccc5cc6ccccc6cc45)c4cccc5cc6ccccc6cc45)cccc3cc2c1. The molecule has 0 fully saturated rings. The highest BCUT2D eigenvalue weighted by atomic mass is 28.3. The number of benzene rings is 9. The van der Waals surface area contributed by atoms with Gasteiger partial charge in [-0.2, -0.15) is 0 Å². The Hall–Kier alpha value is -5.24. The second-order valence-electron chi connectivity index (χ2n) is 11.6. The van der Waals surface area contributed by atoms with Crippen molar-refractivity contribution in [3.8, 4) is 0 Å². The van der Waals surface area contributed by atoms with Gasteiger partial charge in [-0.25, -0.2) is 0 Å². The number of hydrogen-bond acceptors (Lipinski definition) is 0. The summed E-state index contributed by atoms with van der Waals surface area (Å²) in [5.74, 6) is 0. The first-order valence-electron chi connectivity index (χ1n) is 14.9. The summed E-state index contributed by atoms with van der Waals surface area (Å²) in [4.78, 5) is 0. The van der Waals surface area contributed by atoms with Crippen molar-refractivity contribution in [2.24, 2.45) is 0 Å². The third kappa shape index (κ3) is 3.97. The molecule has 0 saturated carbocycles. The van der Waals surface area contributed by atoms with Crippen molar-refractivity contribution in [1.82, 2.24) is 0 Å². The first-order chi connectivity index (χ1) is 21.3. The van der Waals surface area contributed by atoms with E-state index in [1.54, 1.807) is 0 Å². The van der Waals surface area contributed by atoms with Gasteiger partial charge in [-0.15, -0.1) is 0 Å². The fourth-order valence-corrected chi connectivity index (χ4v) is 10.1. The standard InChI is InChI=1S/C42H27Si/c1-4-13-31-25-37-34(22-28(31)10-1)16-7-19-40(37)43(41-20-8-17-35-23-29-11-2-5-14-32(29)26-38(35)41)42-21-9-18-36-24-30-12-3-6-15-33(30)27-39(36)42/h1-27H. The van der Waals surface area contributed by atoms with Crippen molar-refractivity contribution < 1.29 is 0 Å². The Morgan fingerprint density at radius 2 is 0.488 bits per heavy atom. The molecule has 0 heterocycles. The van der Waals surface area contributed by atoms with Gasteiger partial charge in [0.2, 0.25) is 0 Å². The smallest absolute Gasteiger partial charge is 0.0618 e. The summed E-state index contributed by atoms with van der Waals surface area (Å²) in [6.45, 7) is 0. The van der Waals surface area contributed by atoms with Crippen molar-refractivity contribution in [3.05, 3.63) is 164 Å². The zero-order valence-corrected chi connectivity index (χ0v) is 24.6. The highest BCUT2D eigenvalue weighted by Gasteiger charge is 2.26. The van der Waals surface area contributed by atoms with Crippen LogP contribution in [0.15, 0.2) is 164 Å². The molecule has 9 aromatic rings. The minimum atomic E-state index is -1.46. The lowest BCUT2D eigenvalue weighted by atomic mass is 10.0. The highest BCUT2D eigenvalue weighted by Crippen LogP contribution is 2.27. The molecule has 0 unspecified atom stereocenters. The first kappa shape index (κ1) is 24.4. The summed E-state index contributed by atoms with van der Waals surface area (Å²) in [7, 11) is -1.46. The predicted molar refractivity (Wildman–Crippen MR) is 189 cm³/mol. The fraction of sp³-hybridized carbons (Fsp3) is 0. The molecule has 0 spiro atoms. The molecule has 1 heteroatoms. The Morgan fingerprint density at radius 1 is 0.233 bits per heavy atom. The number of rotatable bonds is 3. The van der Waals surface area contributed by atoms with E-state index in [4.69, 9.17) is 0 Å². The number of fused-ring (bicyclic) bond motifs is 6. The maximum Gasteiger partial charge on any atom is 0.156 e. The van der Waals surface area contributed by atoms with E-state index < -0.39 is 8.80 Å². The van der Waals surface area contributed by atoms with E-state index in [1.807, 2.05) is 0 Å². The van der Waals surface area contributed by atoms with Crippen LogP contribution in [0.4, 0.5) is 0 Å². The minimum absolute atomic E-state index is 1.29. The van der Waals surface area contributed by atoms with Crippen LogP contribution in [-0.2, 0) is 0 Å². The van der Waals surface area contributed by atoms with Gasteiger partial charge in [-0.3, -0.25) is 0 Å². The van der Waals surface area contributed by atoms with Gasteiger partial charge < -0.3 is 0 Å². The maximum atomic E-state index is 2.42. The van der Waals surface area contributed by atoms with Gasteiger partial charge in [0.1, 0.15) is 0 Å². The van der Waals surface area contributed by atoms with E-state index >= 15 is 0 Å². The van der Waals surface area contributed by atoms with E-state index in [0.29, 0.717) is 0 Å². The third-order valence-electron chi connectivity index (χ3n) is 9.05.